The minimum Gasteiger partial charge on any atom is -0.141 e. The third-order valence-electron chi connectivity index (χ3n) is 4.61. The fourth-order valence-electron chi connectivity index (χ4n) is 3.35. The molecule has 3 rings (SSSR count). The van der Waals surface area contributed by atoms with Crippen LogP contribution in [-0.2, 0) is 4.75 Å². The summed E-state index contributed by atoms with van der Waals surface area (Å²) in [4.78, 5) is 0. The van der Waals surface area contributed by atoms with Crippen LogP contribution >= 0.6 is 11.8 Å². The molecule has 0 amide bonds. The Morgan fingerprint density at radius 2 is 1.00 bits per heavy atom. The molecule has 0 radical (unpaired) electrons. The van der Waals surface area contributed by atoms with Gasteiger partial charge in [0.15, 0.2) is 0 Å². The molecule has 3 aromatic rings. The molecule has 25 heavy (non-hydrogen) atoms. The first kappa shape index (κ1) is 17.8. The zero-order valence-electron chi connectivity index (χ0n) is 14.9. The van der Waals surface area contributed by atoms with Gasteiger partial charge in [-0.2, -0.15) is 0 Å². The van der Waals surface area contributed by atoms with Crippen molar-refractivity contribution >= 4 is 11.8 Å². The number of unbranched alkanes of at least 4 members (excludes halogenated alkanes) is 2. The van der Waals surface area contributed by atoms with Crippen molar-refractivity contribution in [3.05, 3.63) is 108 Å². The van der Waals surface area contributed by atoms with E-state index < -0.39 is 0 Å². The van der Waals surface area contributed by atoms with Crippen LogP contribution in [-0.4, -0.2) is 5.75 Å². The smallest absolute Gasteiger partial charge is 0.0906 e. The summed E-state index contributed by atoms with van der Waals surface area (Å²) in [7, 11) is 0. The molecule has 0 bridgehead atoms. The summed E-state index contributed by atoms with van der Waals surface area (Å²) in [6.45, 7) is 2.27. The van der Waals surface area contributed by atoms with Crippen LogP contribution in [0.5, 0.6) is 0 Å². The molecule has 0 aliphatic carbocycles. The summed E-state index contributed by atoms with van der Waals surface area (Å²) >= 11 is 2.07. The number of rotatable bonds is 8. The number of benzene rings is 3. The summed E-state index contributed by atoms with van der Waals surface area (Å²) in [5.41, 5.74) is 4.07. The Morgan fingerprint density at radius 1 is 0.600 bits per heavy atom. The van der Waals surface area contributed by atoms with E-state index in [1.54, 1.807) is 0 Å². The van der Waals surface area contributed by atoms with Crippen molar-refractivity contribution in [2.45, 2.75) is 30.9 Å². The monoisotopic (exact) mass is 346 g/mol. The molecular weight excluding hydrogens is 320 g/mol. The third kappa shape index (κ3) is 3.99. The zero-order valence-corrected chi connectivity index (χ0v) is 15.7. The quantitative estimate of drug-likeness (QED) is 0.316. The van der Waals surface area contributed by atoms with E-state index in [1.807, 2.05) is 0 Å². The molecule has 0 heterocycles. The largest absolute Gasteiger partial charge is 0.141 e. The van der Waals surface area contributed by atoms with E-state index in [0.717, 1.165) is 5.75 Å². The molecule has 0 saturated carbocycles. The minimum atomic E-state index is -0.155. The van der Waals surface area contributed by atoms with Gasteiger partial charge in [-0.15, -0.1) is 11.8 Å². The van der Waals surface area contributed by atoms with Crippen LogP contribution in [0.3, 0.4) is 0 Å². The second-order valence-electron chi connectivity index (χ2n) is 6.33. The fraction of sp³-hybridized carbons (Fsp3) is 0.250. The van der Waals surface area contributed by atoms with Crippen molar-refractivity contribution in [2.24, 2.45) is 0 Å². The maximum absolute atomic E-state index is 2.27. The summed E-state index contributed by atoms with van der Waals surface area (Å²) in [6.07, 6.45) is 3.81. The Kier molecular flexibility index (Phi) is 6.36. The first-order valence-corrected chi connectivity index (χ1v) is 10.2. The Morgan fingerprint density at radius 3 is 1.36 bits per heavy atom. The molecule has 0 unspecified atom stereocenters. The lowest BCUT2D eigenvalue weighted by atomic mass is 9.84. The first-order chi connectivity index (χ1) is 12.4. The summed E-state index contributed by atoms with van der Waals surface area (Å²) < 4.78 is -0.155. The topological polar surface area (TPSA) is 0 Å². The summed E-state index contributed by atoms with van der Waals surface area (Å²) in [5.74, 6) is 1.16. The molecule has 0 N–H and O–H groups in total. The van der Waals surface area contributed by atoms with Gasteiger partial charge in [0.1, 0.15) is 0 Å². The van der Waals surface area contributed by atoms with E-state index in [4.69, 9.17) is 0 Å². The van der Waals surface area contributed by atoms with Gasteiger partial charge in [-0.25, -0.2) is 0 Å². The second-order valence-corrected chi connectivity index (χ2v) is 7.64. The molecule has 0 fully saturated rings. The summed E-state index contributed by atoms with van der Waals surface area (Å²) in [5, 5.41) is 0. The van der Waals surface area contributed by atoms with Crippen LogP contribution in [0.15, 0.2) is 91.0 Å². The van der Waals surface area contributed by atoms with Crippen LogP contribution in [0.4, 0.5) is 0 Å². The van der Waals surface area contributed by atoms with E-state index in [9.17, 15) is 0 Å². The van der Waals surface area contributed by atoms with E-state index >= 15 is 0 Å². The van der Waals surface area contributed by atoms with Gasteiger partial charge in [-0.3, -0.25) is 0 Å². The average molecular weight is 347 g/mol. The standard InChI is InChI=1S/C24H26S/c1-2-3-13-20-25-24(21-14-7-4-8-15-21,22-16-9-5-10-17-22)23-18-11-6-12-19-23/h4-12,14-19H,2-3,13,20H2,1H3. The maximum Gasteiger partial charge on any atom is 0.0906 e. The highest BCUT2D eigenvalue weighted by Gasteiger charge is 2.36. The molecule has 3 aromatic carbocycles. The highest BCUT2D eigenvalue weighted by Crippen LogP contribution is 2.48. The Bertz CT molecular complexity index is 638. The van der Waals surface area contributed by atoms with Crippen molar-refractivity contribution in [3.63, 3.8) is 0 Å². The Hall–Kier alpha value is -1.99. The molecule has 0 spiro atoms. The van der Waals surface area contributed by atoms with Crippen molar-refractivity contribution in [1.29, 1.82) is 0 Å². The molecule has 0 aliphatic rings. The Balaban J connectivity index is 2.13. The van der Waals surface area contributed by atoms with E-state index in [1.165, 1.54) is 36.0 Å². The molecule has 128 valence electrons. The molecule has 0 nitrogen and oxygen atoms in total. The highest BCUT2D eigenvalue weighted by atomic mass is 32.2. The van der Waals surface area contributed by atoms with Crippen LogP contribution in [0.25, 0.3) is 0 Å². The molecule has 1 heteroatoms. The summed E-state index contributed by atoms with van der Waals surface area (Å²) in [6, 6.07) is 32.9. The molecule has 0 aromatic heterocycles. The molecule has 0 saturated heterocycles. The Labute approximate surface area is 156 Å². The number of thioether (sulfide) groups is 1. The minimum absolute atomic E-state index is 0.155. The van der Waals surface area contributed by atoms with Crippen molar-refractivity contribution in [2.75, 3.05) is 5.75 Å². The molecular formula is C24H26S. The highest BCUT2D eigenvalue weighted by molar-refractivity contribution is 8.00. The first-order valence-electron chi connectivity index (χ1n) is 9.18. The fourth-order valence-corrected chi connectivity index (χ4v) is 4.91. The average Bonchev–Trinajstić information content (AvgIpc) is 2.70. The lowest BCUT2D eigenvalue weighted by Crippen LogP contribution is -2.26. The predicted octanol–water partition coefficient (Wildman–Crippen LogP) is 6.90. The van der Waals surface area contributed by atoms with Gasteiger partial charge < -0.3 is 0 Å². The van der Waals surface area contributed by atoms with Gasteiger partial charge >= 0.3 is 0 Å². The van der Waals surface area contributed by atoms with E-state index in [2.05, 4.69) is 110 Å². The van der Waals surface area contributed by atoms with Gasteiger partial charge in [-0.1, -0.05) is 111 Å². The van der Waals surface area contributed by atoms with Crippen molar-refractivity contribution in [3.8, 4) is 0 Å². The van der Waals surface area contributed by atoms with Gasteiger partial charge in [0.05, 0.1) is 4.75 Å². The second kappa shape index (κ2) is 8.92. The SMILES string of the molecule is CCCCCSC(c1ccccc1)(c1ccccc1)c1ccccc1. The molecule has 0 aliphatic heterocycles. The lowest BCUT2D eigenvalue weighted by Gasteiger charge is -2.35. The van der Waals surface area contributed by atoms with E-state index in [-0.39, 0.29) is 4.75 Å². The van der Waals surface area contributed by atoms with Gasteiger partial charge in [0.25, 0.3) is 0 Å². The lowest BCUT2D eigenvalue weighted by molar-refractivity contribution is 0.773. The zero-order chi connectivity index (χ0) is 17.4. The van der Waals surface area contributed by atoms with Crippen LogP contribution in [0.2, 0.25) is 0 Å². The van der Waals surface area contributed by atoms with Gasteiger partial charge in [-0.05, 0) is 28.9 Å². The van der Waals surface area contributed by atoms with Crippen molar-refractivity contribution in [1.82, 2.24) is 0 Å². The van der Waals surface area contributed by atoms with Gasteiger partial charge in [0, 0.05) is 0 Å². The van der Waals surface area contributed by atoms with Crippen LogP contribution in [0, 0.1) is 0 Å². The van der Waals surface area contributed by atoms with Crippen LogP contribution < -0.4 is 0 Å². The van der Waals surface area contributed by atoms with E-state index in [0.29, 0.717) is 0 Å². The predicted molar refractivity (Wildman–Crippen MR) is 111 cm³/mol. The molecule has 0 atom stereocenters. The normalized spacial score (nSPS) is 11.4. The van der Waals surface area contributed by atoms with Crippen LogP contribution in [0.1, 0.15) is 42.9 Å². The third-order valence-corrected chi connectivity index (χ3v) is 6.24. The number of hydrogen-bond acceptors (Lipinski definition) is 1. The van der Waals surface area contributed by atoms with Gasteiger partial charge in [0.2, 0.25) is 0 Å². The number of hydrogen-bond donors (Lipinski definition) is 0. The van der Waals surface area contributed by atoms with Crippen molar-refractivity contribution < 1.29 is 0 Å². The maximum atomic E-state index is 2.27.